The maximum absolute atomic E-state index is 12.0. The maximum atomic E-state index is 12.0. The van der Waals surface area contributed by atoms with Gasteiger partial charge in [-0.2, -0.15) is 0 Å². The van der Waals surface area contributed by atoms with Crippen LogP contribution < -0.4 is 16.0 Å². The van der Waals surface area contributed by atoms with Crippen LogP contribution in [0.5, 0.6) is 0 Å². The van der Waals surface area contributed by atoms with Crippen LogP contribution in [0.2, 0.25) is 0 Å². The minimum Gasteiger partial charge on any atom is -0.377 e. The van der Waals surface area contributed by atoms with Crippen LogP contribution in [-0.4, -0.2) is 25.0 Å². The topological polar surface area (TPSA) is 71.2 Å². The normalized spacial score (nSPS) is 10.3. The Bertz CT molecular complexity index is 621. The fourth-order valence-electron chi connectivity index (χ4n) is 1.94. The van der Waals surface area contributed by atoms with E-state index in [0.717, 1.165) is 11.4 Å². The number of nitrogens with zero attached hydrogens (tertiary/aromatic N) is 2. The molecule has 1 aromatic carbocycles. The molecule has 0 aliphatic heterocycles. The number of carbonyl (C=O) groups excluding carboxylic acids is 1. The van der Waals surface area contributed by atoms with E-state index in [1.54, 1.807) is 5.38 Å². The summed E-state index contributed by atoms with van der Waals surface area (Å²) in [5, 5.41) is 5.17. The molecule has 2 aromatic rings. The average Bonchev–Trinajstić information content (AvgIpc) is 2.76. The zero-order chi connectivity index (χ0) is 14.7. The predicted molar refractivity (Wildman–Crippen MR) is 84.4 cm³/mol. The van der Waals surface area contributed by atoms with Crippen LogP contribution in [0.25, 0.3) is 0 Å². The van der Waals surface area contributed by atoms with Crippen LogP contribution in [0.3, 0.4) is 0 Å². The van der Waals surface area contributed by atoms with Gasteiger partial charge in [-0.05, 0) is 24.6 Å². The number of hydrogen-bond donors (Lipinski definition) is 2. The number of nitrogens with two attached hydrogens (primary N) is 1. The molecule has 0 aliphatic carbocycles. The number of benzene rings is 1. The Kier molecular flexibility index (Phi) is 4.24. The molecule has 1 amide bonds. The van der Waals surface area contributed by atoms with Gasteiger partial charge in [-0.25, -0.2) is 4.98 Å². The molecule has 2 rings (SSSR count). The van der Waals surface area contributed by atoms with Gasteiger partial charge in [-0.3, -0.25) is 4.79 Å². The van der Waals surface area contributed by atoms with Gasteiger partial charge < -0.3 is 16.0 Å². The first-order chi connectivity index (χ1) is 9.45. The molecule has 0 aliphatic rings. The predicted octanol–water partition coefficient (Wildman–Crippen LogP) is 2.28. The zero-order valence-corrected chi connectivity index (χ0v) is 12.6. The fraction of sp³-hybridized carbons (Fsp3) is 0.286. The van der Waals surface area contributed by atoms with Crippen molar-refractivity contribution in [2.24, 2.45) is 0 Å². The second-order valence-electron chi connectivity index (χ2n) is 4.80. The van der Waals surface area contributed by atoms with Crippen LogP contribution >= 0.6 is 11.3 Å². The van der Waals surface area contributed by atoms with Crippen LogP contribution in [0.1, 0.15) is 11.3 Å². The van der Waals surface area contributed by atoms with Gasteiger partial charge >= 0.3 is 0 Å². The lowest BCUT2D eigenvalue weighted by Gasteiger charge is -2.17. The van der Waals surface area contributed by atoms with Crippen LogP contribution in [0, 0.1) is 6.92 Å². The Morgan fingerprint density at radius 2 is 2.20 bits per heavy atom. The molecule has 0 radical (unpaired) electrons. The van der Waals surface area contributed by atoms with Gasteiger partial charge in [0, 0.05) is 30.9 Å². The SMILES string of the molecule is Cc1ccc(NC(=O)Cc2csc(N)n2)cc1N(C)C. The number of nitrogen functional groups attached to an aromatic ring is 1. The summed E-state index contributed by atoms with van der Waals surface area (Å²) in [7, 11) is 3.96. The van der Waals surface area contributed by atoms with Crippen LogP contribution in [-0.2, 0) is 11.2 Å². The largest absolute Gasteiger partial charge is 0.377 e. The summed E-state index contributed by atoms with van der Waals surface area (Å²) < 4.78 is 0. The van der Waals surface area contributed by atoms with E-state index in [9.17, 15) is 4.79 Å². The number of anilines is 3. The fourth-order valence-corrected chi connectivity index (χ4v) is 2.51. The van der Waals surface area contributed by atoms with Crippen molar-refractivity contribution in [1.29, 1.82) is 0 Å². The summed E-state index contributed by atoms with van der Waals surface area (Å²) in [6.45, 7) is 2.04. The lowest BCUT2D eigenvalue weighted by atomic mass is 10.1. The lowest BCUT2D eigenvalue weighted by Crippen LogP contribution is -2.16. The van der Waals surface area contributed by atoms with E-state index >= 15 is 0 Å². The Hall–Kier alpha value is -2.08. The molecule has 6 heteroatoms. The standard InChI is InChI=1S/C14H18N4OS/c1-9-4-5-10(6-12(9)18(2)3)16-13(19)7-11-8-20-14(15)17-11/h4-6,8H,7H2,1-3H3,(H2,15,17)(H,16,19). The Morgan fingerprint density at radius 1 is 1.45 bits per heavy atom. The zero-order valence-electron chi connectivity index (χ0n) is 11.8. The van der Waals surface area contributed by atoms with Crippen molar-refractivity contribution in [3.05, 3.63) is 34.8 Å². The highest BCUT2D eigenvalue weighted by atomic mass is 32.1. The van der Waals surface area contributed by atoms with Crippen molar-refractivity contribution in [1.82, 2.24) is 4.98 Å². The van der Waals surface area contributed by atoms with E-state index in [2.05, 4.69) is 10.3 Å². The number of aryl methyl sites for hydroxylation is 1. The molecule has 0 unspecified atom stereocenters. The summed E-state index contributed by atoms with van der Waals surface area (Å²) in [6, 6.07) is 5.85. The third kappa shape index (κ3) is 3.48. The van der Waals surface area contributed by atoms with E-state index in [0.29, 0.717) is 10.8 Å². The Balaban J connectivity index is 2.06. The number of aromatic nitrogens is 1. The Labute approximate surface area is 122 Å². The minimum atomic E-state index is -0.0936. The van der Waals surface area contributed by atoms with Gasteiger partial charge in [-0.15, -0.1) is 11.3 Å². The van der Waals surface area contributed by atoms with Gasteiger partial charge in [0.2, 0.25) is 5.91 Å². The van der Waals surface area contributed by atoms with Gasteiger partial charge in [0.15, 0.2) is 5.13 Å². The summed E-state index contributed by atoms with van der Waals surface area (Å²) >= 11 is 1.34. The average molecular weight is 290 g/mol. The van der Waals surface area contributed by atoms with Crippen molar-refractivity contribution < 1.29 is 4.79 Å². The second-order valence-corrected chi connectivity index (χ2v) is 5.69. The molecule has 0 atom stereocenters. The number of nitrogens with one attached hydrogen (secondary N) is 1. The summed E-state index contributed by atoms with van der Waals surface area (Å²) in [5.41, 5.74) is 9.28. The first-order valence-electron chi connectivity index (χ1n) is 6.23. The number of carbonyl (C=O) groups is 1. The highest BCUT2D eigenvalue weighted by molar-refractivity contribution is 7.13. The highest BCUT2D eigenvalue weighted by Gasteiger charge is 2.08. The van der Waals surface area contributed by atoms with Crippen molar-refractivity contribution in [3.8, 4) is 0 Å². The van der Waals surface area contributed by atoms with E-state index < -0.39 is 0 Å². The molecular weight excluding hydrogens is 272 g/mol. The lowest BCUT2D eigenvalue weighted by molar-refractivity contribution is -0.115. The van der Waals surface area contributed by atoms with Gasteiger partial charge in [0.1, 0.15) is 0 Å². The number of thiazole rings is 1. The molecule has 1 heterocycles. The quantitative estimate of drug-likeness (QED) is 0.906. The maximum Gasteiger partial charge on any atom is 0.230 e. The summed E-state index contributed by atoms with van der Waals surface area (Å²) in [6.07, 6.45) is 0.235. The monoisotopic (exact) mass is 290 g/mol. The minimum absolute atomic E-state index is 0.0936. The van der Waals surface area contributed by atoms with E-state index in [-0.39, 0.29) is 12.3 Å². The molecule has 0 saturated heterocycles. The van der Waals surface area contributed by atoms with Crippen molar-refractivity contribution >= 4 is 33.8 Å². The molecule has 0 bridgehead atoms. The molecule has 0 saturated carbocycles. The van der Waals surface area contributed by atoms with Crippen LogP contribution in [0.4, 0.5) is 16.5 Å². The molecule has 0 fully saturated rings. The van der Waals surface area contributed by atoms with Gasteiger partial charge in [0.05, 0.1) is 12.1 Å². The number of hydrogen-bond acceptors (Lipinski definition) is 5. The second kappa shape index (κ2) is 5.92. The smallest absolute Gasteiger partial charge is 0.230 e. The molecule has 5 nitrogen and oxygen atoms in total. The van der Waals surface area contributed by atoms with E-state index in [1.807, 2.05) is 44.1 Å². The molecule has 0 spiro atoms. The molecule has 106 valence electrons. The highest BCUT2D eigenvalue weighted by Crippen LogP contribution is 2.22. The number of amides is 1. The first kappa shape index (κ1) is 14.3. The summed E-state index contributed by atoms with van der Waals surface area (Å²) in [5.74, 6) is -0.0936. The first-order valence-corrected chi connectivity index (χ1v) is 7.11. The van der Waals surface area contributed by atoms with Gasteiger partial charge in [-0.1, -0.05) is 6.07 Å². The third-order valence-corrected chi connectivity index (χ3v) is 3.61. The van der Waals surface area contributed by atoms with Crippen molar-refractivity contribution in [2.45, 2.75) is 13.3 Å². The summed E-state index contributed by atoms with van der Waals surface area (Å²) in [4.78, 5) is 18.1. The molecular formula is C14H18N4OS. The molecule has 3 N–H and O–H groups in total. The molecule has 20 heavy (non-hydrogen) atoms. The molecule has 1 aromatic heterocycles. The van der Waals surface area contributed by atoms with Crippen molar-refractivity contribution in [2.75, 3.05) is 30.0 Å². The number of rotatable bonds is 4. The Morgan fingerprint density at radius 3 is 2.80 bits per heavy atom. The van der Waals surface area contributed by atoms with E-state index in [1.165, 1.54) is 16.9 Å². The van der Waals surface area contributed by atoms with Crippen LogP contribution in [0.15, 0.2) is 23.6 Å². The third-order valence-electron chi connectivity index (χ3n) is 2.89. The van der Waals surface area contributed by atoms with Gasteiger partial charge in [0.25, 0.3) is 0 Å². The van der Waals surface area contributed by atoms with E-state index in [4.69, 9.17) is 5.73 Å². The van der Waals surface area contributed by atoms with Crippen molar-refractivity contribution in [3.63, 3.8) is 0 Å².